The monoisotopic (exact) mass is 308 g/mol. The summed E-state index contributed by atoms with van der Waals surface area (Å²) in [5, 5.41) is 3.01. The van der Waals surface area contributed by atoms with E-state index in [-0.39, 0.29) is 5.91 Å². The fourth-order valence-electron chi connectivity index (χ4n) is 3.28. The lowest BCUT2D eigenvalue weighted by atomic mass is 10.0. The Morgan fingerprint density at radius 2 is 1.87 bits per heavy atom. The average Bonchev–Trinajstić information content (AvgIpc) is 3.04. The van der Waals surface area contributed by atoms with Crippen molar-refractivity contribution >= 4 is 11.6 Å². The number of nitrogens with zero attached hydrogens (tertiary/aromatic N) is 1. The summed E-state index contributed by atoms with van der Waals surface area (Å²) in [6.07, 6.45) is 3.29. The van der Waals surface area contributed by atoms with Gasteiger partial charge in [0.25, 0.3) is 0 Å². The zero-order valence-corrected chi connectivity index (χ0v) is 13.7. The van der Waals surface area contributed by atoms with Gasteiger partial charge in [0.2, 0.25) is 5.91 Å². The second kappa shape index (κ2) is 7.42. The highest BCUT2D eigenvalue weighted by Gasteiger charge is 2.27. The molecule has 0 radical (unpaired) electrons. The van der Waals surface area contributed by atoms with E-state index in [4.69, 9.17) is 0 Å². The minimum atomic E-state index is 0.0667. The highest BCUT2D eigenvalue weighted by atomic mass is 16.2. The van der Waals surface area contributed by atoms with Gasteiger partial charge in [0.05, 0.1) is 6.54 Å². The molecule has 1 fully saturated rings. The molecule has 120 valence electrons. The minimum Gasteiger partial charge on any atom is -0.325 e. The van der Waals surface area contributed by atoms with Crippen LogP contribution in [0.5, 0.6) is 0 Å². The molecule has 1 unspecified atom stereocenters. The number of hydrogen-bond donors (Lipinski definition) is 1. The summed E-state index contributed by atoms with van der Waals surface area (Å²) in [4.78, 5) is 14.6. The van der Waals surface area contributed by atoms with Gasteiger partial charge in [-0.25, -0.2) is 0 Å². The first-order chi connectivity index (χ1) is 11.3. The summed E-state index contributed by atoms with van der Waals surface area (Å²) in [6.45, 7) is 3.57. The third-order valence-corrected chi connectivity index (χ3v) is 4.54. The summed E-state index contributed by atoms with van der Waals surface area (Å²) in [6, 6.07) is 19.0. The summed E-state index contributed by atoms with van der Waals surface area (Å²) in [5.41, 5.74) is 3.47. The molecule has 1 aliphatic heterocycles. The Morgan fingerprint density at radius 3 is 2.57 bits per heavy atom. The molecule has 0 saturated carbocycles. The van der Waals surface area contributed by atoms with Crippen molar-refractivity contribution in [3.63, 3.8) is 0 Å². The Hall–Kier alpha value is -2.13. The molecule has 3 rings (SSSR count). The predicted octanol–water partition coefficient (Wildman–Crippen LogP) is 4.02. The van der Waals surface area contributed by atoms with E-state index in [9.17, 15) is 4.79 Å². The second-order valence-electron chi connectivity index (χ2n) is 6.14. The second-order valence-corrected chi connectivity index (χ2v) is 6.14. The van der Waals surface area contributed by atoms with Crippen molar-refractivity contribution in [2.24, 2.45) is 0 Å². The number of aryl methyl sites for hydroxylation is 1. The predicted molar refractivity (Wildman–Crippen MR) is 94.4 cm³/mol. The summed E-state index contributed by atoms with van der Waals surface area (Å²) in [7, 11) is 0. The van der Waals surface area contributed by atoms with Gasteiger partial charge in [-0.05, 0) is 49.1 Å². The number of likely N-dealkylation sites (tertiary alicyclic amines) is 1. The molecular weight excluding hydrogens is 284 g/mol. The molecule has 1 atom stereocenters. The average molecular weight is 308 g/mol. The Balaban J connectivity index is 1.60. The first-order valence-corrected chi connectivity index (χ1v) is 8.44. The van der Waals surface area contributed by atoms with Crippen LogP contribution >= 0.6 is 0 Å². The van der Waals surface area contributed by atoms with Crippen LogP contribution in [0.4, 0.5) is 5.69 Å². The molecule has 1 aliphatic rings. The van der Waals surface area contributed by atoms with Crippen LogP contribution in [0.15, 0.2) is 54.6 Å². The zero-order valence-electron chi connectivity index (χ0n) is 13.7. The highest BCUT2D eigenvalue weighted by molar-refractivity contribution is 5.92. The van der Waals surface area contributed by atoms with Gasteiger partial charge in [-0.3, -0.25) is 9.69 Å². The van der Waals surface area contributed by atoms with Crippen molar-refractivity contribution in [3.8, 4) is 0 Å². The van der Waals surface area contributed by atoms with E-state index < -0.39 is 0 Å². The molecule has 23 heavy (non-hydrogen) atoms. The van der Waals surface area contributed by atoms with Crippen molar-refractivity contribution in [1.82, 2.24) is 4.90 Å². The summed E-state index contributed by atoms with van der Waals surface area (Å²) >= 11 is 0. The van der Waals surface area contributed by atoms with E-state index in [1.807, 2.05) is 18.2 Å². The minimum absolute atomic E-state index is 0.0667. The van der Waals surface area contributed by atoms with Gasteiger partial charge < -0.3 is 5.32 Å². The number of carbonyl (C=O) groups excluding carboxylic acids is 1. The highest BCUT2D eigenvalue weighted by Crippen LogP contribution is 2.31. The molecule has 1 heterocycles. The molecule has 0 aromatic heterocycles. The summed E-state index contributed by atoms with van der Waals surface area (Å²) in [5.74, 6) is 0.0667. The van der Waals surface area contributed by atoms with Crippen LogP contribution in [-0.4, -0.2) is 23.9 Å². The van der Waals surface area contributed by atoms with E-state index in [0.29, 0.717) is 12.6 Å². The molecule has 1 N–H and O–H groups in total. The molecule has 2 aromatic carbocycles. The maximum absolute atomic E-state index is 12.3. The molecular formula is C20H24N2O. The van der Waals surface area contributed by atoms with Gasteiger partial charge >= 0.3 is 0 Å². The molecule has 3 heteroatoms. The van der Waals surface area contributed by atoms with E-state index in [0.717, 1.165) is 31.5 Å². The van der Waals surface area contributed by atoms with Gasteiger partial charge in [0.15, 0.2) is 0 Å². The van der Waals surface area contributed by atoms with Crippen LogP contribution in [0.25, 0.3) is 0 Å². The number of carbonyl (C=O) groups is 1. The lowest BCUT2D eigenvalue weighted by Gasteiger charge is -2.24. The van der Waals surface area contributed by atoms with Gasteiger partial charge in [0, 0.05) is 11.7 Å². The lowest BCUT2D eigenvalue weighted by molar-refractivity contribution is -0.117. The van der Waals surface area contributed by atoms with Crippen LogP contribution in [0, 0.1) is 0 Å². The van der Waals surface area contributed by atoms with Crippen molar-refractivity contribution in [2.75, 3.05) is 18.4 Å². The largest absolute Gasteiger partial charge is 0.325 e. The van der Waals surface area contributed by atoms with Crippen molar-refractivity contribution in [3.05, 3.63) is 65.7 Å². The number of nitrogens with one attached hydrogen (secondary N) is 1. The topological polar surface area (TPSA) is 32.3 Å². The first kappa shape index (κ1) is 15.8. The van der Waals surface area contributed by atoms with E-state index in [1.165, 1.54) is 11.1 Å². The first-order valence-electron chi connectivity index (χ1n) is 8.44. The molecule has 0 spiro atoms. The Kier molecular flexibility index (Phi) is 5.09. The number of hydrogen-bond acceptors (Lipinski definition) is 2. The Labute approximate surface area is 138 Å². The quantitative estimate of drug-likeness (QED) is 0.904. The molecule has 2 aromatic rings. The third-order valence-electron chi connectivity index (χ3n) is 4.54. The maximum atomic E-state index is 12.3. The van der Waals surface area contributed by atoms with E-state index in [1.54, 1.807) is 0 Å². The normalized spacial score (nSPS) is 18.0. The molecule has 0 aliphatic carbocycles. The van der Waals surface area contributed by atoms with Gasteiger partial charge in [0.1, 0.15) is 0 Å². The van der Waals surface area contributed by atoms with Crippen LogP contribution in [-0.2, 0) is 11.2 Å². The number of rotatable bonds is 5. The number of amides is 1. The lowest BCUT2D eigenvalue weighted by Crippen LogP contribution is -2.32. The van der Waals surface area contributed by atoms with Crippen molar-refractivity contribution in [2.45, 2.75) is 32.2 Å². The van der Waals surface area contributed by atoms with Crippen molar-refractivity contribution < 1.29 is 4.79 Å². The molecule has 1 saturated heterocycles. The zero-order chi connectivity index (χ0) is 16.1. The van der Waals surface area contributed by atoms with Crippen LogP contribution in [0.3, 0.4) is 0 Å². The fraction of sp³-hybridized carbons (Fsp3) is 0.350. The van der Waals surface area contributed by atoms with Crippen LogP contribution in [0.2, 0.25) is 0 Å². The van der Waals surface area contributed by atoms with Gasteiger partial charge in [-0.15, -0.1) is 0 Å². The van der Waals surface area contributed by atoms with Crippen molar-refractivity contribution in [1.29, 1.82) is 0 Å². The Morgan fingerprint density at radius 1 is 1.13 bits per heavy atom. The number of benzene rings is 2. The maximum Gasteiger partial charge on any atom is 0.238 e. The van der Waals surface area contributed by atoms with E-state index in [2.05, 4.69) is 53.5 Å². The standard InChI is InChI=1S/C20H24N2O/c1-2-16-10-12-18(13-11-16)21-20(23)15-22-14-6-9-19(22)17-7-4-3-5-8-17/h3-5,7-8,10-13,19H,2,6,9,14-15H2,1H3,(H,21,23). The third kappa shape index (κ3) is 3.99. The van der Waals surface area contributed by atoms with Crippen LogP contribution in [0.1, 0.15) is 36.9 Å². The molecule has 1 amide bonds. The van der Waals surface area contributed by atoms with Crippen LogP contribution < -0.4 is 5.32 Å². The fourth-order valence-corrected chi connectivity index (χ4v) is 3.28. The number of anilines is 1. The summed E-state index contributed by atoms with van der Waals surface area (Å²) < 4.78 is 0. The molecule has 3 nitrogen and oxygen atoms in total. The Bertz CT molecular complexity index is 636. The van der Waals surface area contributed by atoms with E-state index >= 15 is 0 Å². The van der Waals surface area contributed by atoms with Gasteiger partial charge in [-0.2, -0.15) is 0 Å². The smallest absolute Gasteiger partial charge is 0.238 e. The molecule has 0 bridgehead atoms. The van der Waals surface area contributed by atoms with Gasteiger partial charge in [-0.1, -0.05) is 49.4 Å². The SMILES string of the molecule is CCc1ccc(NC(=O)CN2CCCC2c2ccccc2)cc1.